The van der Waals surface area contributed by atoms with Crippen LogP contribution in [0.25, 0.3) is 0 Å². The summed E-state index contributed by atoms with van der Waals surface area (Å²) in [7, 11) is 2.17. The predicted octanol–water partition coefficient (Wildman–Crippen LogP) is 1.81. The summed E-state index contributed by atoms with van der Waals surface area (Å²) in [6, 6.07) is 0. The van der Waals surface area contributed by atoms with Gasteiger partial charge in [-0.3, -0.25) is 0 Å². The van der Waals surface area contributed by atoms with Crippen molar-refractivity contribution in [1.82, 2.24) is 4.90 Å². The van der Waals surface area contributed by atoms with Crippen molar-refractivity contribution in [2.24, 2.45) is 0 Å². The summed E-state index contributed by atoms with van der Waals surface area (Å²) in [6.07, 6.45) is 5.48. The summed E-state index contributed by atoms with van der Waals surface area (Å²) >= 11 is 4.20. The number of ether oxygens (including phenoxy) is 1. The molecule has 3 heteroatoms. The fourth-order valence-corrected chi connectivity index (χ4v) is 1.87. The molecule has 2 nitrogen and oxygen atoms in total. The zero-order valence-corrected chi connectivity index (χ0v) is 9.43. The normalized spacial score (nSPS) is 23.8. The van der Waals surface area contributed by atoms with Crippen LogP contribution in [0.15, 0.2) is 0 Å². The van der Waals surface area contributed by atoms with Gasteiger partial charge in [0.1, 0.15) is 0 Å². The maximum atomic E-state index is 5.67. The minimum absolute atomic E-state index is 0.485. The molecule has 0 saturated carbocycles. The average Bonchev–Trinajstić information content (AvgIpc) is 2.16. The third kappa shape index (κ3) is 4.89. The van der Waals surface area contributed by atoms with Crippen molar-refractivity contribution >= 4 is 12.6 Å². The van der Waals surface area contributed by atoms with Crippen molar-refractivity contribution in [1.29, 1.82) is 0 Å². The van der Waals surface area contributed by atoms with Gasteiger partial charge in [-0.2, -0.15) is 12.6 Å². The highest BCUT2D eigenvalue weighted by atomic mass is 32.1. The Labute approximate surface area is 87.0 Å². The second-order valence-electron chi connectivity index (χ2n) is 3.83. The lowest BCUT2D eigenvalue weighted by Gasteiger charge is -2.27. The topological polar surface area (TPSA) is 12.5 Å². The largest absolute Gasteiger partial charge is 0.377 e. The number of likely N-dealkylation sites (N-methyl/N-ethyl adjacent to an activating group) is 1. The second-order valence-corrected chi connectivity index (χ2v) is 4.28. The molecule has 0 N–H and O–H groups in total. The molecule has 0 aromatic heterocycles. The Kier molecular flexibility index (Phi) is 5.83. The summed E-state index contributed by atoms with van der Waals surface area (Å²) in [5.41, 5.74) is 0. The Bertz CT molecular complexity index is 126. The van der Waals surface area contributed by atoms with Gasteiger partial charge in [0.25, 0.3) is 0 Å². The first-order chi connectivity index (χ1) is 6.33. The van der Waals surface area contributed by atoms with E-state index in [1.165, 1.54) is 25.7 Å². The molecular formula is C10H21NOS. The zero-order valence-electron chi connectivity index (χ0n) is 8.54. The molecular weight excluding hydrogens is 182 g/mol. The number of hydrogen-bond donors (Lipinski definition) is 1. The van der Waals surface area contributed by atoms with Crippen LogP contribution >= 0.6 is 12.6 Å². The van der Waals surface area contributed by atoms with Gasteiger partial charge in [0.05, 0.1) is 6.10 Å². The summed E-state index contributed by atoms with van der Waals surface area (Å²) in [6.45, 7) is 3.20. The van der Waals surface area contributed by atoms with E-state index in [0.717, 1.165) is 25.4 Å². The van der Waals surface area contributed by atoms with Crippen molar-refractivity contribution in [3.63, 3.8) is 0 Å². The highest BCUT2D eigenvalue weighted by Gasteiger charge is 2.15. The lowest BCUT2D eigenvalue weighted by molar-refractivity contribution is -0.00133. The molecule has 1 heterocycles. The van der Waals surface area contributed by atoms with Crippen LogP contribution in [0.1, 0.15) is 25.7 Å². The summed E-state index contributed by atoms with van der Waals surface area (Å²) in [5, 5.41) is 0. The van der Waals surface area contributed by atoms with Crippen LogP contribution in [0.5, 0.6) is 0 Å². The number of rotatable bonds is 5. The number of thiol groups is 1. The molecule has 0 spiro atoms. The van der Waals surface area contributed by atoms with E-state index < -0.39 is 0 Å². The van der Waals surface area contributed by atoms with Gasteiger partial charge in [0.2, 0.25) is 0 Å². The van der Waals surface area contributed by atoms with Crippen LogP contribution < -0.4 is 0 Å². The highest BCUT2D eigenvalue weighted by molar-refractivity contribution is 7.80. The first-order valence-corrected chi connectivity index (χ1v) is 5.87. The molecule has 1 unspecified atom stereocenters. The summed E-state index contributed by atoms with van der Waals surface area (Å²) in [4.78, 5) is 2.35. The van der Waals surface area contributed by atoms with E-state index in [4.69, 9.17) is 4.74 Å². The first kappa shape index (κ1) is 11.3. The van der Waals surface area contributed by atoms with Crippen molar-refractivity contribution in [3.8, 4) is 0 Å². The highest BCUT2D eigenvalue weighted by Crippen LogP contribution is 2.13. The van der Waals surface area contributed by atoms with Crippen molar-refractivity contribution in [2.75, 3.05) is 32.5 Å². The first-order valence-electron chi connectivity index (χ1n) is 5.24. The van der Waals surface area contributed by atoms with Crippen LogP contribution in [0.4, 0.5) is 0 Å². The Morgan fingerprint density at radius 2 is 2.31 bits per heavy atom. The molecule has 0 aromatic carbocycles. The molecule has 1 aliphatic rings. The third-order valence-corrected chi connectivity index (χ3v) is 2.80. The lowest BCUT2D eigenvalue weighted by Crippen LogP contribution is -2.34. The Balaban J connectivity index is 2.07. The van der Waals surface area contributed by atoms with Crippen molar-refractivity contribution in [2.45, 2.75) is 31.8 Å². The molecule has 1 rings (SSSR count). The van der Waals surface area contributed by atoms with E-state index >= 15 is 0 Å². The van der Waals surface area contributed by atoms with Gasteiger partial charge in [-0.25, -0.2) is 0 Å². The van der Waals surface area contributed by atoms with Gasteiger partial charge in [0.15, 0.2) is 0 Å². The second kappa shape index (κ2) is 6.68. The molecule has 13 heavy (non-hydrogen) atoms. The van der Waals surface area contributed by atoms with E-state index in [-0.39, 0.29) is 0 Å². The molecule has 1 aliphatic heterocycles. The Morgan fingerprint density at radius 1 is 1.46 bits per heavy atom. The predicted molar refractivity (Wildman–Crippen MR) is 59.6 cm³/mol. The van der Waals surface area contributed by atoms with Gasteiger partial charge < -0.3 is 9.64 Å². The molecule has 0 radical (unpaired) electrons. The molecule has 0 aliphatic carbocycles. The third-order valence-electron chi connectivity index (χ3n) is 2.49. The van der Waals surface area contributed by atoms with Gasteiger partial charge >= 0.3 is 0 Å². The van der Waals surface area contributed by atoms with E-state index in [1.807, 2.05) is 0 Å². The summed E-state index contributed by atoms with van der Waals surface area (Å²) in [5.74, 6) is 0.982. The summed E-state index contributed by atoms with van der Waals surface area (Å²) < 4.78 is 5.67. The van der Waals surface area contributed by atoms with Gasteiger partial charge in [-0.05, 0) is 45.0 Å². The molecule has 0 amide bonds. The van der Waals surface area contributed by atoms with Crippen LogP contribution in [0.2, 0.25) is 0 Å². The molecule has 0 aromatic rings. The minimum atomic E-state index is 0.485. The molecule has 78 valence electrons. The van der Waals surface area contributed by atoms with Gasteiger partial charge in [0, 0.05) is 13.2 Å². The zero-order chi connectivity index (χ0) is 9.52. The van der Waals surface area contributed by atoms with E-state index in [9.17, 15) is 0 Å². The molecule has 0 bridgehead atoms. The molecule has 1 atom stereocenters. The van der Waals surface area contributed by atoms with E-state index in [1.54, 1.807) is 0 Å². The monoisotopic (exact) mass is 203 g/mol. The number of hydrogen-bond acceptors (Lipinski definition) is 3. The van der Waals surface area contributed by atoms with Crippen LogP contribution in [-0.4, -0.2) is 43.5 Å². The standard InChI is InChI=1S/C10H21NOS/c1-11(6-4-8-13)9-10-5-2-3-7-12-10/h10,13H,2-9H2,1H3. The quantitative estimate of drug-likeness (QED) is 0.684. The van der Waals surface area contributed by atoms with Crippen molar-refractivity contribution < 1.29 is 4.74 Å². The lowest BCUT2D eigenvalue weighted by atomic mass is 10.1. The Morgan fingerprint density at radius 3 is 2.92 bits per heavy atom. The average molecular weight is 203 g/mol. The fourth-order valence-electron chi connectivity index (χ4n) is 1.73. The minimum Gasteiger partial charge on any atom is -0.377 e. The molecule has 1 saturated heterocycles. The van der Waals surface area contributed by atoms with Crippen molar-refractivity contribution in [3.05, 3.63) is 0 Å². The number of nitrogens with zero attached hydrogens (tertiary/aromatic N) is 1. The van der Waals surface area contributed by atoms with E-state index in [0.29, 0.717) is 6.10 Å². The molecule has 1 fully saturated rings. The van der Waals surface area contributed by atoms with Crippen LogP contribution in [0, 0.1) is 0 Å². The van der Waals surface area contributed by atoms with E-state index in [2.05, 4.69) is 24.6 Å². The maximum absolute atomic E-state index is 5.67. The smallest absolute Gasteiger partial charge is 0.0701 e. The van der Waals surface area contributed by atoms with Gasteiger partial charge in [-0.15, -0.1) is 0 Å². The van der Waals surface area contributed by atoms with Gasteiger partial charge in [-0.1, -0.05) is 0 Å². The fraction of sp³-hybridized carbons (Fsp3) is 1.00. The van der Waals surface area contributed by atoms with Crippen LogP contribution in [-0.2, 0) is 4.74 Å². The van der Waals surface area contributed by atoms with Crippen LogP contribution in [0.3, 0.4) is 0 Å². The Hall–Kier alpha value is 0.270. The maximum Gasteiger partial charge on any atom is 0.0701 e. The SMILES string of the molecule is CN(CCCS)CC1CCCCO1.